The normalized spacial score (nSPS) is 17.0. The highest BCUT2D eigenvalue weighted by Gasteiger charge is 2.15. The summed E-state index contributed by atoms with van der Waals surface area (Å²) in [5, 5.41) is 21.7. The van der Waals surface area contributed by atoms with Crippen molar-refractivity contribution in [1.29, 1.82) is 0 Å². The molecule has 0 aliphatic carbocycles. The molecule has 0 radical (unpaired) electrons. The molecule has 134 valence electrons. The smallest absolute Gasteiger partial charge is 0.169 e. The van der Waals surface area contributed by atoms with E-state index in [1.807, 2.05) is 18.2 Å². The SMILES string of the molecule is Nc1nnc(-c2ccccc2O)cc1N1CCCNCCCOCC1. The summed E-state index contributed by atoms with van der Waals surface area (Å²) in [7, 11) is 0. The van der Waals surface area contributed by atoms with Crippen molar-refractivity contribution in [2.24, 2.45) is 0 Å². The highest BCUT2D eigenvalue weighted by Crippen LogP contribution is 2.31. The second-order valence-corrected chi connectivity index (χ2v) is 6.07. The number of benzene rings is 1. The molecule has 0 amide bonds. The monoisotopic (exact) mass is 343 g/mol. The first-order valence-corrected chi connectivity index (χ1v) is 8.70. The van der Waals surface area contributed by atoms with Crippen LogP contribution in [0.1, 0.15) is 12.8 Å². The largest absolute Gasteiger partial charge is 0.507 e. The van der Waals surface area contributed by atoms with E-state index in [0.717, 1.165) is 51.3 Å². The highest BCUT2D eigenvalue weighted by molar-refractivity contribution is 5.73. The number of nitrogens with two attached hydrogens (primary N) is 1. The number of ether oxygens (including phenoxy) is 1. The number of nitrogen functional groups attached to an aromatic ring is 1. The third kappa shape index (κ3) is 4.58. The van der Waals surface area contributed by atoms with Crippen molar-refractivity contribution in [3.63, 3.8) is 0 Å². The molecule has 0 bridgehead atoms. The first kappa shape index (κ1) is 17.4. The highest BCUT2D eigenvalue weighted by atomic mass is 16.5. The van der Waals surface area contributed by atoms with Crippen LogP contribution in [0.25, 0.3) is 11.3 Å². The standard InChI is InChI=1S/C18H25N5O2/c19-18-16(23-9-3-7-20-8-4-11-25-12-10-23)13-15(21-22-18)14-5-1-2-6-17(14)24/h1-2,5-6,13,20,24H,3-4,7-12H2,(H2,19,22). The van der Waals surface area contributed by atoms with Crippen molar-refractivity contribution in [1.82, 2.24) is 15.5 Å². The van der Waals surface area contributed by atoms with Crippen molar-refractivity contribution in [2.75, 3.05) is 50.0 Å². The van der Waals surface area contributed by atoms with E-state index in [1.54, 1.807) is 12.1 Å². The molecule has 1 fully saturated rings. The van der Waals surface area contributed by atoms with Crippen molar-refractivity contribution >= 4 is 11.5 Å². The molecule has 7 heteroatoms. The van der Waals surface area contributed by atoms with Crippen LogP contribution in [0.3, 0.4) is 0 Å². The minimum Gasteiger partial charge on any atom is -0.507 e. The summed E-state index contributed by atoms with van der Waals surface area (Å²) in [5.74, 6) is 0.569. The fourth-order valence-corrected chi connectivity index (χ4v) is 2.92. The first-order valence-electron chi connectivity index (χ1n) is 8.70. The number of aromatic nitrogens is 2. The van der Waals surface area contributed by atoms with Gasteiger partial charge in [0.05, 0.1) is 18.0 Å². The lowest BCUT2D eigenvalue weighted by Gasteiger charge is -2.25. The molecule has 0 spiro atoms. The van der Waals surface area contributed by atoms with Gasteiger partial charge in [0.2, 0.25) is 0 Å². The topological polar surface area (TPSA) is 96.5 Å². The summed E-state index contributed by atoms with van der Waals surface area (Å²) in [6.07, 6.45) is 2.03. The minimum atomic E-state index is 0.178. The first-order chi connectivity index (χ1) is 12.3. The molecule has 0 atom stereocenters. The van der Waals surface area contributed by atoms with Gasteiger partial charge in [0.15, 0.2) is 5.82 Å². The molecule has 4 N–H and O–H groups in total. The van der Waals surface area contributed by atoms with Crippen molar-refractivity contribution in [3.8, 4) is 17.0 Å². The van der Waals surface area contributed by atoms with E-state index < -0.39 is 0 Å². The summed E-state index contributed by atoms with van der Waals surface area (Å²) in [4.78, 5) is 2.18. The van der Waals surface area contributed by atoms with Gasteiger partial charge >= 0.3 is 0 Å². The molecular weight excluding hydrogens is 318 g/mol. The molecule has 25 heavy (non-hydrogen) atoms. The fourth-order valence-electron chi connectivity index (χ4n) is 2.92. The molecule has 1 aromatic carbocycles. The van der Waals surface area contributed by atoms with Crippen molar-refractivity contribution in [3.05, 3.63) is 30.3 Å². The maximum Gasteiger partial charge on any atom is 0.169 e. The van der Waals surface area contributed by atoms with E-state index in [9.17, 15) is 5.11 Å². The third-order valence-electron chi connectivity index (χ3n) is 4.25. The fraction of sp³-hybridized carbons (Fsp3) is 0.444. The van der Waals surface area contributed by atoms with Crippen LogP contribution in [-0.2, 0) is 4.74 Å². The van der Waals surface area contributed by atoms with Gasteiger partial charge in [-0.2, -0.15) is 0 Å². The minimum absolute atomic E-state index is 0.178. The number of nitrogens with one attached hydrogen (secondary N) is 1. The van der Waals surface area contributed by atoms with Gasteiger partial charge in [-0.3, -0.25) is 0 Å². The Balaban J connectivity index is 1.86. The van der Waals surface area contributed by atoms with E-state index in [2.05, 4.69) is 20.4 Å². The maximum absolute atomic E-state index is 10.1. The quantitative estimate of drug-likeness (QED) is 0.763. The zero-order chi connectivity index (χ0) is 17.5. The lowest BCUT2D eigenvalue weighted by Crippen LogP contribution is -2.31. The molecule has 2 heterocycles. The Hall–Kier alpha value is -2.38. The number of hydrogen-bond acceptors (Lipinski definition) is 7. The van der Waals surface area contributed by atoms with Crippen LogP contribution in [0.4, 0.5) is 11.5 Å². The number of phenolic OH excluding ortho intramolecular Hbond substituents is 1. The molecule has 0 saturated carbocycles. The zero-order valence-electron chi connectivity index (χ0n) is 14.3. The Morgan fingerprint density at radius 2 is 1.92 bits per heavy atom. The lowest BCUT2D eigenvalue weighted by molar-refractivity contribution is 0.138. The van der Waals surface area contributed by atoms with E-state index in [1.165, 1.54) is 0 Å². The van der Waals surface area contributed by atoms with E-state index in [4.69, 9.17) is 10.5 Å². The number of rotatable bonds is 2. The number of anilines is 2. The summed E-state index contributed by atoms with van der Waals surface area (Å²) in [5.41, 5.74) is 8.18. The van der Waals surface area contributed by atoms with E-state index in [-0.39, 0.29) is 5.75 Å². The van der Waals surface area contributed by atoms with Crippen molar-refractivity contribution < 1.29 is 9.84 Å². The van der Waals surface area contributed by atoms with Gasteiger partial charge in [0, 0.05) is 25.3 Å². The molecule has 1 aliphatic heterocycles. The molecule has 0 unspecified atom stereocenters. The van der Waals surface area contributed by atoms with Crippen LogP contribution in [0, 0.1) is 0 Å². The Morgan fingerprint density at radius 3 is 2.80 bits per heavy atom. The molecule has 1 saturated heterocycles. The Kier molecular flexibility index (Phi) is 6.03. The van der Waals surface area contributed by atoms with Gasteiger partial charge in [-0.1, -0.05) is 12.1 Å². The summed E-state index contributed by atoms with van der Waals surface area (Å²) in [6, 6.07) is 8.99. The Labute approximate surface area is 147 Å². The second kappa shape index (κ2) is 8.64. The Bertz CT molecular complexity index is 683. The average Bonchev–Trinajstić information content (AvgIpc) is 2.68. The molecule has 2 aromatic rings. The van der Waals surface area contributed by atoms with Gasteiger partial charge in [0.25, 0.3) is 0 Å². The van der Waals surface area contributed by atoms with Gasteiger partial charge in [-0.25, -0.2) is 0 Å². The van der Waals surface area contributed by atoms with E-state index in [0.29, 0.717) is 23.7 Å². The number of nitrogens with zero attached hydrogens (tertiary/aromatic N) is 3. The predicted octanol–water partition coefficient (Wildman–Crippen LogP) is 1.64. The molecular formula is C18H25N5O2. The number of para-hydroxylation sites is 1. The molecule has 1 aromatic heterocycles. The summed E-state index contributed by atoms with van der Waals surface area (Å²) < 4.78 is 5.69. The van der Waals surface area contributed by atoms with Crippen molar-refractivity contribution in [2.45, 2.75) is 12.8 Å². The maximum atomic E-state index is 10.1. The van der Waals surface area contributed by atoms with Crippen LogP contribution >= 0.6 is 0 Å². The lowest BCUT2D eigenvalue weighted by atomic mass is 10.1. The molecule has 1 aliphatic rings. The number of hydrogen-bond donors (Lipinski definition) is 3. The van der Waals surface area contributed by atoms with Crippen LogP contribution in [0.5, 0.6) is 5.75 Å². The predicted molar refractivity (Wildman–Crippen MR) is 98.7 cm³/mol. The number of phenols is 1. The molecule has 7 nitrogen and oxygen atoms in total. The molecule has 3 rings (SSSR count). The van der Waals surface area contributed by atoms with Gasteiger partial charge in [-0.05, 0) is 44.1 Å². The summed E-state index contributed by atoms with van der Waals surface area (Å²) >= 11 is 0. The number of aromatic hydroxyl groups is 1. The van der Waals surface area contributed by atoms with Gasteiger partial charge < -0.3 is 25.8 Å². The van der Waals surface area contributed by atoms with E-state index >= 15 is 0 Å². The van der Waals surface area contributed by atoms with Gasteiger partial charge in [0.1, 0.15) is 5.75 Å². The van der Waals surface area contributed by atoms with Crippen LogP contribution in [0.15, 0.2) is 30.3 Å². The third-order valence-corrected chi connectivity index (χ3v) is 4.25. The average molecular weight is 343 g/mol. The second-order valence-electron chi connectivity index (χ2n) is 6.07. The van der Waals surface area contributed by atoms with Crippen LogP contribution in [0.2, 0.25) is 0 Å². The zero-order valence-corrected chi connectivity index (χ0v) is 14.3. The Morgan fingerprint density at radius 1 is 1.08 bits per heavy atom. The van der Waals surface area contributed by atoms with Crippen LogP contribution < -0.4 is 16.0 Å². The summed E-state index contributed by atoms with van der Waals surface area (Å²) in [6.45, 7) is 4.95. The van der Waals surface area contributed by atoms with Gasteiger partial charge in [-0.15, -0.1) is 10.2 Å². The van der Waals surface area contributed by atoms with Crippen LogP contribution in [-0.4, -0.2) is 54.7 Å².